The minimum Gasteiger partial charge on any atom is -0.506 e. The van der Waals surface area contributed by atoms with Crippen LogP contribution in [-0.2, 0) is 20.7 Å². The van der Waals surface area contributed by atoms with E-state index in [2.05, 4.69) is 26.0 Å². The fraction of sp³-hybridized carbons (Fsp3) is 0.614. The molecule has 280 valence electrons. The average Bonchev–Trinajstić information content (AvgIpc) is 3.22. The highest BCUT2D eigenvalue weighted by Crippen LogP contribution is 2.73. The number of aromatic hydroxyl groups is 1. The standard InChI is InChI=1S/C44H56O8/c1-24(2)13-12-20-42(8)21-19-28-35(45)33-36(46)34-32(27-14-10-9-11-15-27)30-23-31-41(6,7)52-43(39(30)47,22-18-26(5)40(48)49)44(31,34)51-38(33)29(37(28)50-42)17-16-25(3)4/h13,16,18-19,21,27,30-32,34,45H,9-12,14-15,17,20,22-23H2,1-8H3,(H,48,49). The van der Waals surface area contributed by atoms with Gasteiger partial charge in [0, 0.05) is 29.4 Å². The highest BCUT2D eigenvalue weighted by atomic mass is 16.6. The van der Waals surface area contributed by atoms with Gasteiger partial charge in [-0.3, -0.25) is 9.59 Å². The SMILES string of the molecule is CC(C)=CCCC1(C)C=Cc2c(O)c3c(c(CC=C(C)C)c2O1)OC12C(C3=O)C(C3CCCCC3)C3CC1C(C)(C)OC2(CC=C(C)C(=O)O)C3=O. The Morgan fingerprint density at radius 1 is 0.942 bits per heavy atom. The lowest BCUT2D eigenvalue weighted by Crippen LogP contribution is -2.79. The number of allylic oxidation sites excluding steroid dienone is 4. The van der Waals surface area contributed by atoms with E-state index < -0.39 is 40.2 Å². The topological polar surface area (TPSA) is 119 Å². The number of hydrogen-bond donors (Lipinski definition) is 2. The van der Waals surface area contributed by atoms with E-state index in [-0.39, 0.29) is 58.4 Å². The van der Waals surface area contributed by atoms with Gasteiger partial charge in [0.2, 0.25) is 0 Å². The fourth-order valence-corrected chi connectivity index (χ4v) is 11.0. The number of carboxylic acids is 1. The Morgan fingerprint density at radius 3 is 2.29 bits per heavy atom. The number of phenols is 1. The zero-order valence-electron chi connectivity index (χ0n) is 32.2. The average molecular weight is 713 g/mol. The molecular formula is C44H56O8. The summed E-state index contributed by atoms with van der Waals surface area (Å²) in [6, 6.07) is 0. The Kier molecular flexibility index (Phi) is 8.99. The highest BCUT2D eigenvalue weighted by molar-refractivity contribution is 6.10. The third-order valence-electron chi connectivity index (χ3n) is 13.3. The molecule has 7 aliphatic rings. The van der Waals surface area contributed by atoms with Crippen molar-refractivity contribution < 1.29 is 38.8 Å². The third-order valence-corrected chi connectivity index (χ3v) is 13.3. The number of Topliss-reactive ketones (excluding diaryl/α,β-unsaturated/α-hetero) is 2. The number of ketones is 2. The smallest absolute Gasteiger partial charge is 0.330 e. The number of fused-ring (bicyclic) bond motifs is 2. The summed E-state index contributed by atoms with van der Waals surface area (Å²) in [5.41, 5.74) is -0.778. The zero-order chi connectivity index (χ0) is 37.5. The maximum absolute atomic E-state index is 15.6. The van der Waals surface area contributed by atoms with Gasteiger partial charge in [0.05, 0.1) is 17.1 Å². The second-order valence-electron chi connectivity index (χ2n) is 17.7. The van der Waals surface area contributed by atoms with E-state index in [4.69, 9.17) is 14.2 Å². The van der Waals surface area contributed by atoms with Crippen LogP contribution in [0.2, 0.25) is 0 Å². The molecule has 4 aliphatic carbocycles. The molecule has 8 rings (SSSR count). The van der Waals surface area contributed by atoms with Gasteiger partial charge in [-0.05, 0) is 105 Å². The van der Waals surface area contributed by atoms with Crippen LogP contribution < -0.4 is 9.47 Å². The van der Waals surface area contributed by atoms with E-state index in [0.29, 0.717) is 36.1 Å². The van der Waals surface area contributed by atoms with E-state index in [9.17, 15) is 15.0 Å². The number of carboxylic acid groups (broad SMARTS) is 1. The van der Waals surface area contributed by atoms with Crippen LogP contribution >= 0.6 is 0 Å². The van der Waals surface area contributed by atoms with Gasteiger partial charge in [0.1, 0.15) is 28.4 Å². The van der Waals surface area contributed by atoms with Crippen molar-refractivity contribution in [2.24, 2.45) is 29.6 Å². The van der Waals surface area contributed by atoms with Crippen LogP contribution in [0.15, 0.2) is 41.0 Å². The predicted molar refractivity (Wildman–Crippen MR) is 200 cm³/mol. The molecule has 1 aromatic rings. The minimum atomic E-state index is -1.58. The van der Waals surface area contributed by atoms with Crippen molar-refractivity contribution in [3.05, 3.63) is 57.7 Å². The second kappa shape index (κ2) is 12.7. The minimum absolute atomic E-state index is 0.0151. The summed E-state index contributed by atoms with van der Waals surface area (Å²) in [6.07, 6.45) is 17.2. The van der Waals surface area contributed by atoms with E-state index in [1.165, 1.54) is 12.5 Å². The molecule has 5 fully saturated rings. The van der Waals surface area contributed by atoms with Crippen LogP contribution in [0, 0.1) is 29.6 Å². The number of ether oxygens (including phenoxy) is 3. The summed E-state index contributed by atoms with van der Waals surface area (Å²) >= 11 is 0. The van der Waals surface area contributed by atoms with Crippen molar-refractivity contribution >= 4 is 23.6 Å². The largest absolute Gasteiger partial charge is 0.506 e. The molecule has 2 N–H and O–H groups in total. The van der Waals surface area contributed by atoms with Gasteiger partial charge < -0.3 is 24.4 Å². The molecule has 1 aromatic carbocycles. The molecule has 3 aliphatic heterocycles. The zero-order valence-corrected chi connectivity index (χ0v) is 32.2. The molecule has 8 nitrogen and oxygen atoms in total. The van der Waals surface area contributed by atoms with E-state index in [1.807, 2.05) is 46.8 Å². The molecule has 7 unspecified atom stereocenters. The first-order valence-electron chi connectivity index (χ1n) is 19.4. The molecular weight excluding hydrogens is 656 g/mol. The summed E-state index contributed by atoms with van der Waals surface area (Å²) in [7, 11) is 0. The van der Waals surface area contributed by atoms with E-state index in [1.54, 1.807) is 6.08 Å². The maximum atomic E-state index is 15.6. The van der Waals surface area contributed by atoms with Gasteiger partial charge in [-0.25, -0.2) is 4.79 Å². The Morgan fingerprint density at radius 2 is 1.63 bits per heavy atom. The lowest BCUT2D eigenvalue weighted by molar-refractivity contribution is -0.216. The maximum Gasteiger partial charge on any atom is 0.330 e. The molecule has 7 atom stereocenters. The van der Waals surface area contributed by atoms with Gasteiger partial charge >= 0.3 is 5.97 Å². The van der Waals surface area contributed by atoms with Crippen molar-refractivity contribution in [1.82, 2.24) is 0 Å². The van der Waals surface area contributed by atoms with Crippen LogP contribution in [0.3, 0.4) is 0 Å². The number of aliphatic carboxylic acids is 1. The first kappa shape index (κ1) is 36.7. The first-order valence-corrected chi connectivity index (χ1v) is 19.4. The summed E-state index contributed by atoms with van der Waals surface area (Å²) in [6.45, 7) is 15.7. The third kappa shape index (κ3) is 5.36. The summed E-state index contributed by atoms with van der Waals surface area (Å²) in [5.74, 6) is -2.34. The van der Waals surface area contributed by atoms with Crippen molar-refractivity contribution in [3.63, 3.8) is 0 Å². The Labute approximate surface area is 308 Å². The van der Waals surface area contributed by atoms with Gasteiger partial charge in [0.15, 0.2) is 22.8 Å². The number of phenolic OH excluding ortho intramolecular Hbond substituents is 1. The van der Waals surface area contributed by atoms with Crippen LogP contribution in [0.5, 0.6) is 17.2 Å². The lowest BCUT2D eigenvalue weighted by atomic mass is 9.41. The fourth-order valence-electron chi connectivity index (χ4n) is 11.0. The van der Waals surface area contributed by atoms with Crippen LogP contribution in [-0.4, -0.2) is 50.2 Å². The van der Waals surface area contributed by atoms with E-state index in [0.717, 1.165) is 44.1 Å². The highest BCUT2D eigenvalue weighted by Gasteiger charge is 2.85. The Bertz CT molecular complexity index is 1830. The molecule has 8 heteroatoms. The molecule has 0 aromatic heterocycles. The molecule has 4 bridgehead atoms. The number of hydrogen-bond acceptors (Lipinski definition) is 7. The molecule has 3 heterocycles. The van der Waals surface area contributed by atoms with Gasteiger partial charge in [-0.15, -0.1) is 0 Å². The normalized spacial score (nSPS) is 34.1. The molecule has 1 spiro atoms. The van der Waals surface area contributed by atoms with Gasteiger partial charge in [-0.2, -0.15) is 0 Å². The Hall–Kier alpha value is -3.65. The van der Waals surface area contributed by atoms with Gasteiger partial charge in [0.25, 0.3) is 0 Å². The summed E-state index contributed by atoms with van der Waals surface area (Å²) in [4.78, 5) is 42.9. The first-order chi connectivity index (χ1) is 24.5. The number of rotatable bonds is 9. The van der Waals surface area contributed by atoms with Crippen LogP contribution in [0.4, 0.5) is 0 Å². The molecule has 4 saturated carbocycles. The van der Waals surface area contributed by atoms with Crippen molar-refractivity contribution in [2.45, 2.75) is 142 Å². The molecule has 52 heavy (non-hydrogen) atoms. The second-order valence-corrected chi connectivity index (χ2v) is 17.7. The van der Waals surface area contributed by atoms with Crippen molar-refractivity contribution in [2.75, 3.05) is 0 Å². The summed E-state index contributed by atoms with van der Waals surface area (Å²) in [5, 5.41) is 22.1. The van der Waals surface area contributed by atoms with Crippen molar-refractivity contribution in [3.8, 4) is 17.2 Å². The number of benzene rings is 1. The quantitative estimate of drug-likeness (QED) is 0.192. The Balaban J connectivity index is 1.48. The van der Waals surface area contributed by atoms with Crippen LogP contribution in [0.1, 0.15) is 135 Å². The summed E-state index contributed by atoms with van der Waals surface area (Å²) < 4.78 is 21.4. The lowest BCUT2D eigenvalue weighted by Gasteiger charge is -2.64. The number of carbonyl (C=O) groups is 3. The number of carbonyl (C=O) groups excluding carboxylic acids is 2. The molecule has 0 amide bonds. The predicted octanol–water partition coefficient (Wildman–Crippen LogP) is 9.13. The monoisotopic (exact) mass is 712 g/mol. The van der Waals surface area contributed by atoms with E-state index >= 15 is 9.59 Å². The van der Waals surface area contributed by atoms with Gasteiger partial charge in [-0.1, -0.05) is 61.5 Å². The van der Waals surface area contributed by atoms with Crippen molar-refractivity contribution in [1.29, 1.82) is 0 Å². The van der Waals surface area contributed by atoms with Crippen LogP contribution in [0.25, 0.3) is 6.08 Å². The molecule has 0 radical (unpaired) electrons. The molecule has 1 saturated heterocycles.